The summed E-state index contributed by atoms with van der Waals surface area (Å²) in [4.78, 5) is 14.4. The molecule has 1 saturated heterocycles. The zero-order valence-electron chi connectivity index (χ0n) is 13.1. The van der Waals surface area contributed by atoms with Crippen LogP contribution >= 0.6 is 35.6 Å². The third-order valence-electron chi connectivity index (χ3n) is 4.62. The first-order valence-corrected chi connectivity index (χ1v) is 9.78. The Kier molecular flexibility index (Phi) is 5.49. The van der Waals surface area contributed by atoms with Crippen molar-refractivity contribution in [2.45, 2.75) is 56.4 Å². The first kappa shape index (κ1) is 17.1. The Bertz CT molecular complexity index is 587. The quantitative estimate of drug-likeness (QED) is 0.733. The van der Waals surface area contributed by atoms with E-state index in [-0.39, 0.29) is 17.3 Å². The molecule has 0 radical (unpaired) electrons. The molecule has 124 valence electrons. The molecule has 23 heavy (non-hydrogen) atoms. The van der Waals surface area contributed by atoms with Gasteiger partial charge in [0.1, 0.15) is 4.32 Å². The summed E-state index contributed by atoms with van der Waals surface area (Å²) in [5.74, 6) is 0. The largest absolute Gasteiger partial charge is 0.335 e. The fraction of sp³-hybridized carbons (Fsp3) is 0.529. The van der Waals surface area contributed by atoms with E-state index in [1.807, 2.05) is 24.3 Å². The molecule has 0 aromatic heterocycles. The molecule has 2 fully saturated rings. The van der Waals surface area contributed by atoms with Crippen LogP contribution in [0.1, 0.15) is 49.8 Å². The van der Waals surface area contributed by atoms with Crippen molar-refractivity contribution in [3.05, 3.63) is 34.9 Å². The van der Waals surface area contributed by atoms with Crippen LogP contribution in [0.2, 0.25) is 5.02 Å². The first-order valence-electron chi connectivity index (χ1n) is 8.12. The Labute approximate surface area is 152 Å². The van der Waals surface area contributed by atoms with Crippen LogP contribution < -0.4 is 5.32 Å². The van der Waals surface area contributed by atoms with Gasteiger partial charge in [0, 0.05) is 11.1 Å². The molecule has 1 N–H and O–H groups in total. The van der Waals surface area contributed by atoms with Crippen molar-refractivity contribution >= 4 is 45.9 Å². The number of amides is 2. The zero-order chi connectivity index (χ0) is 16.4. The van der Waals surface area contributed by atoms with Gasteiger partial charge in [-0.15, -0.1) is 0 Å². The van der Waals surface area contributed by atoms with Gasteiger partial charge < -0.3 is 5.32 Å². The van der Waals surface area contributed by atoms with Gasteiger partial charge in [-0.25, -0.2) is 4.79 Å². The average molecular weight is 369 g/mol. The summed E-state index contributed by atoms with van der Waals surface area (Å²) in [6.45, 7) is 2.06. The number of hydrogen-bond acceptors (Lipinski definition) is 3. The van der Waals surface area contributed by atoms with Gasteiger partial charge in [0.15, 0.2) is 0 Å². The van der Waals surface area contributed by atoms with E-state index >= 15 is 0 Å². The number of halogens is 1. The first-order chi connectivity index (χ1) is 11.1. The summed E-state index contributed by atoms with van der Waals surface area (Å²) in [6, 6.07) is 8.10. The Morgan fingerprint density at radius 1 is 1.26 bits per heavy atom. The Morgan fingerprint density at radius 3 is 2.57 bits per heavy atom. The van der Waals surface area contributed by atoms with Crippen LogP contribution in [0.15, 0.2) is 24.3 Å². The topological polar surface area (TPSA) is 32.3 Å². The highest BCUT2D eigenvalue weighted by Crippen LogP contribution is 2.43. The van der Waals surface area contributed by atoms with E-state index in [2.05, 4.69) is 12.2 Å². The summed E-state index contributed by atoms with van der Waals surface area (Å²) in [6.07, 6.45) is 5.84. The molecule has 1 aliphatic heterocycles. The number of urea groups is 1. The Hall–Kier alpha value is -0.780. The molecular formula is C17H21ClN2OS2. The van der Waals surface area contributed by atoms with Crippen LogP contribution in [-0.2, 0) is 0 Å². The van der Waals surface area contributed by atoms with Gasteiger partial charge in [0.2, 0.25) is 0 Å². The number of thiocarbonyl (C=S) groups is 1. The lowest BCUT2D eigenvalue weighted by molar-refractivity contribution is 0.205. The molecule has 6 heteroatoms. The lowest BCUT2D eigenvalue weighted by atomic mass is 9.96. The maximum Gasteiger partial charge on any atom is 0.323 e. The summed E-state index contributed by atoms with van der Waals surface area (Å²) in [7, 11) is 0. The molecule has 3 nitrogen and oxygen atoms in total. The van der Waals surface area contributed by atoms with Gasteiger partial charge in [-0.1, -0.05) is 67.0 Å². The van der Waals surface area contributed by atoms with Gasteiger partial charge in [-0.2, -0.15) is 0 Å². The highest BCUT2D eigenvalue weighted by molar-refractivity contribution is 8.23. The Morgan fingerprint density at radius 2 is 1.91 bits per heavy atom. The number of carbonyl (C=O) groups is 1. The third-order valence-corrected chi connectivity index (χ3v) is 6.68. The van der Waals surface area contributed by atoms with E-state index < -0.39 is 0 Å². The fourth-order valence-corrected chi connectivity index (χ4v) is 5.20. The van der Waals surface area contributed by atoms with E-state index in [1.165, 1.54) is 19.3 Å². The number of benzene rings is 1. The third kappa shape index (κ3) is 3.83. The summed E-state index contributed by atoms with van der Waals surface area (Å²) >= 11 is 13.0. The van der Waals surface area contributed by atoms with E-state index in [9.17, 15) is 4.79 Å². The van der Waals surface area contributed by atoms with Crippen molar-refractivity contribution in [1.82, 2.24) is 10.2 Å². The minimum absolute atomic E-state index is 0.0391. The molecule has 2 unspecified atom stereocenters. The summed E-state index contributed by atoms with van der Waals surface area (Å²) in [5, 5.41) is 4.05. The van der Waals surface area contributed by atoms with Crippen LogP contribution in [-0.4, -0.2) is 27.3 Å². The van der Waals surface area contributed by atoms with Crippen molar-refractivity contribution in [1.29, 1.82) is 0 Å². The van der Waals surface area contributed by atoms with Gasteiger partial charge in [-0.3, -0.25) is 4.90 Å². The SMILES string of the molecule is CC1C(c2ccc(Cl)cc2)SC(=S)N1C(=O)NC1CCCCC1. The molecule has 0 bridgehead atoms. The molecule has 3 rings (SSSR count). The average Bonchev–Trinajstić information content (AvgIpc) is 2.84. The van der Waals surface area contributed by atoms with Crippen LogP contribution in [0.5, 0.6) is 0 Å². The van der Waals surface area contributed by atoms with Crippen molar-refractivity contribution in [2.24, 2.45) is 0 Å². The Balaban J connectivity index is 1.69. The lowest BCUT2D eigenvalue weighted by Gasteiger charge is -2.28. The van der Waals surface area contributed by atoms with Crippen molar-refractivity contribution in [3.8, 4) is 0 Å². The number of nitrogens with zero attached hydrogens (tertiary/aromatic N) is 1. The molecule has 2 atom stereocenters. The van der Waals surface area contributed by atoms with Crippen LogP contribution in [0.25, 0.3) is 0 Å². The summed E-state index contributed by atoms with van der Waals surface area (Å²) in [5.41, 5.74) is 1.15. The minimum atomic E-state index is -0.0432. The maximum atomic E-state index is 12.7. The molecule has 2 amide bonds. The maximum absolute atomic E-state index is 12.7. The van der Waals surface area contributed by atoms with Crippen molar-refractivity contribution in [3.63, 3.8) is 0 Å². The summed E-state index contributed by atoms with van der Waals surface area (Å²) < 4.78 is 0.658. The van der Waals surface area contributed by atoms with E-state index in [0.717, 1.165) is 23.4 Å². The molecule has 2 aliphatic rings. The van der Waals surface area contributed by atoms with E-state index in [0.29, 0.717) is 10.4 Å². The van der Waals surface area contributed by atoms with Crippen molar-refractivity contribution < 1.29 is 4.79 Å². The molecule has 0 spiro atoms. The van der Waals surface area contributed by atoms with Gasteiger partial charge >= 0.3 is 6.03 Å². The molecular weight excluding hydrogens is 348 g/mol. The van der Waals surface area contributed by atoms with E-state index in [1.54, 1.807) is 16.7 Å². The second-order valence-corrected chi connectivity index (χ2v) is 8.46. The molecule has 1 aliphatic carbocycles. The monoisotopic (exact) mass is 368 g/mol. The molecule has 1 aromatic carbocycles. The van der Waals surface area contributed by atoms with Crippen LogP contribution in [0.4, 0.5) is 4.79 Å². The number of hydrogen-bond donors (Lipinski definition) is 1. The lowest BCUT2D eigenvalue weighted by Crippen LogP contribution is -2.48. The molecule has 1 heterocycles. The minimum Gasteiger partial charge on any atom is -0.335 e. The number of thioether (sulfide) groups is 1. The molecule has 1 saturated carbocycles. The highest BCUT2D eigenvalue weighted by atomic mass is 35.5. The van der Waals surface area contributed by atoms with Gasteiger partial charge in [0.25, 0.3) is 0 Å². The van der Waals surface area contributed by atoms with Crippen molar-refractivity contribution in [2.75, 3.05) is 0 Å². The number of nitrogens with one attached hydrogen (secondary N) is 1. The standard InChI is InChI=1S/C17H21ClN2OS2/c1-11-15(12-7-9-13(18)10-8-12)23-17(22)20(11)16(21)19-14-5-3-2-4-6-14/h7-11,14-15H,2-6H2,1H3,(H,19,21). The predicted molar refractivity (Wildman–Crippen MR) is 101 cm³/mol. The number of rotatable bonds is 2. The predicted octanol–water partition coefficient (Wildman–Crippen LogP) is 5.15. The highest BCUT2D eigenvalue weighted by Gasteiger charge is 2.40. The van der Waals surface area contributed by atoms with Crippen LogP contribution in [0, 0.1) is 0 Å². The second-order valence-electron chi connectivity index (χ2n) is 6.25. The van der Waals surface area contributed by atoms with Crippen LogP contribution in [0.3, 0.4) is 0 Å². The molecule has 1 aromatic rings. The van der Waals surface area contributed by atoms with E-state index in [4.69, 9.17) is 23.8 Å². The zero-order valence-corrected chi connectivity index (χ0v) is 15.5. The second kappa shape index (κ2) is 7.41. The fourth-order valence-electron chi connectivity index (χ4n) is 3.32. The van der Waals surface area contributed by atoms with Gasteiger partial charge in [0.05, 0.1) is 11.3 Å². The van der Waals surface area contributed by atoms with Gasteiger partial charge in [-0.05, 0) is 37.5 Å². The smallest absolute Gasteiger partial charge is 0.323 e. The number of carbonyl (C=O) groups excluding carboxylic acids is 1. The normalized spacial score (nSPS) is 25.7.